The normalized spacial score (nSPS) is 9.89. The average Bonchev–Trinajstić information content (AvgIpc) is 2.28. The van der Waals surface area contributed by atoms with E-state index < -0.39 is 4.92 Å². The number of nitrogens with two attached hydrogens (primary N) is 1. The first-order valence-corrected chi connectivity index (χ1v) is 6.33. The summed E-state index contributed by atoms with van der Waals surface area (Å²) in [7, 11) is 0. The molecule has 0 saturated heterocycles. The van der Waals surface area contributed by atoms with Crippen molar-refractivity contribution in [3.63, 3.8) is 0 Å². The van der Waals surface area contributed by atoms with Crippen LogP contribution in [-0.4, -0.2) is 16.6 Å². The lowest BCUT2D eigenvalue weighted by Crippen LogP contribution is -2.19. The summed E-state index contributed by atoms with van der Waals surface area (Å²) in [6.45, 7) is 2.48. The molecule has 8 heteroatoms. The predicted octanol–water partition coefficient (Wildman–Crippen LogP) is 2.80. The second kappa shape index (κ2) is 6.50. The Bertz CT molecular complexity index is 482. The first kappa shape index (κ1) is 14.7. The van der Waals surface area contributed by atoms with Crippen molar-refractivity contribution in [2.75, 3.05) is 11.9 Å². The van der Waals surface area contributed by atoms with Gasteiger partial charge in [0.25, 0.3) is 5.69 Å². The van der Waals surface area contributed by atoms with Crippen LogP contribution in [0.15, 0.2) is 16.6 Å². The van der Waals surface area contributed by atoms with Crippen molar-refractivity contribution in [2.45, 2.75) is 13.3 Å². The van der Waals surface area contributed by atoms with Crippen LogP contribution in [0.5, 0.6) is 5.75 Å². The van der Waals surface area contributed by atoms with Crippen LogP contribution in [0.2, 0.25) is 0 Å². The Kier molecular flexibility index (Phi) is 5.29. The Morgan fingerprint density at radius 3 is 2.83 bits per heavy atom. The van der Waals surface area contributed by atoms with E-state index in [2.05, 4.69) is 33.5 Å². The lowest BCUT2D eigenvalue weighted by atomic mass is 10.2. The fraction of sp³-hybridized carbons (Fsp3) is 0.300. The molecule has 0 aliphatic heterocycles. The van der Waals surface area contributed by atoms with Gasteiger partial charge in [-0.15, -0.1) is 0 Å². The van der Waals surface area contributed by atoms with Crippen molar-refractivity contribution in [1.82, 2.24) is 0 Å². The SMILES string of the molecule is CCCOc1cc(NC(N)=S)c([N+](=O)[O-])cc1Br. The fourth-order valence-electron chi connectivity index (χ4n) is 1.25. The summed E-state index contributed by atoms with van der Waals surface area (Å²) in [5.41, 5.74) is 5.41. The second-order valence-corrected chi connectivity index (χ2v) is 4.69. The standard InChI is InChI=1S/C10H12BrN3O3S/c1-2-3-17-9-5-7(13-10(12)18)8(14(15)16)4-6(9)11/h4-5H,2-3H2,1H3,(H3,12,13,18). The molecule has 3 N–H and O–H groups in total. The highest BCUT2D eigenvalue weighted by Crippen LogP contribution is 2.36. The number of halogens is 1. The van der Waals surface area contributed by atoms with Crippen molar-refractivity contribution in [2.24, 2.45) is 5.73 Å². The largest absolute Gasteiger partial charge is 0.492 e. The summed E-state index contributed by atoms with van der Waals surface area (Å²) in [5.74, 6) is 0.501. The first-order valence-electron chi connectivity index (χ1n) is 5.13. The highest BCUT2D eigenvalue weighted by atomic mass is 79.9. The van der Waals surface area contributed by atoms with Crippen molar-refractivity contribution in [3.8, 4) is 5.75 Å². The molecule has 1 aromatic rings. The zero-order chi connectivity index (χ0) is 13.7. The second-order valence-electron chi connectivity index (χ2n) is 3.39. The van der Waals surface area contributed by atoms with E-state index in [9.17, 15) is 10.1 Å². The monoisotopic (exact) mass is 333 g/mol. The first-order chi connectivity index (χ1) is 8.45. The van der Waals surface area contributed by atoms with Gasteiger partial charge in [-0.1, -0.05) is 6.92 Å². The van der Waals surface area contributed by atoms with Crippen LogP contribution in [-0.2, 0) is 0 Å². The zero-order valence-electron chi connectivity index (χ0n) is 9.60. The minimum atomic E-state index is -0.519. The Balaban J connectivity index is 3.17. The fourth-order valence-corrected chi connectivity index (χ4v) is 1.81. The zero-order valence-corrected chi connectivity index (χ0v) is 12.0. The summed E-state index contributed by atoms with van der Waals surface area (Å²) in [6.07, 6.45) is 0.835. The molecule has 1 aromatic carbocycles. The number of hydrogen-bond acceptors (Lipinski definition) is 4. The van der Waals surface area contributed by atoms with Crippen LogP contribution in [0, 0.1) is 10.1 Å². The maximum Gasteiger partial charge on any atom is 0.294 e. The average molecular weight is 334 g/mol. The van der Waals surface area contributed by atoms with Gasteiger partial charge < -0.3 is 15.8 Å². The molecule has 0 spiro atoms. The molecule has 0 amide bonds. The third-order valence-corrected chi connectivity index (χ3v) is 2.69. The Morgan fingerprint density at radius 2 is 2.33 bits per heavy atom. The van der Waals surface area contributed by atoms with Crippen LogP contribution in [0.3, 0.4) is 0 Å². The van der Waals surface area contributed by atoms with Gasteiger partial charge in [0.2, 0.25) is 0 Å². The van der Waals surface area contributed by atoms with E-state index in [1.165, 1.54) is 12.1 Å². The van der Waals surface area contributed by atoms with E-state index in [0.29, 0.717) is 16.8 Å². The minimum absolute atomic E-state index is 0.0399. The summed E-state index contributed by atoms with van der Waals surface area (Å²) >= 11 is 7.90. The molecule has 0 atom stereocenters. The Hall–Kier alpha value is -1.41. The maximum atomic E-state index is 10.9. The molecule has 18 heavy (non-hydrogen) atoms. The van der Waals surface area contributed by atoms with E-state index in [1.807, 2.05) is 6.92 Å². The number of nitro groups is 1. The van der Waals surface area contributed by atoms with Gasteiger partial charge in [0.05, 0.1) is 16.0 Å². The van der Waals surface area contributed by atoms with Gasteiger partial charge in [-0.25, -0.2) is 0 Å². The van der Waals surface area contributed by atoms with E-state index in [0.717, 1.165) is 6.42 Å². The number of rotatable bonds is 5. The smallest absolute Gasteiger partial charge is 0.294 e. The van der Waals surface area contributed by atoms with Crippen LogP contribution >= 0.6 is 28.1 Å². The molecule has 0 radical (unpaired) electrons. The maximum absolute atomic E-state index is 10.9. The molecular weight excluding hydrogens is 322 g/mol. The van der Waals surface area contributed by atoms with Gasteiger partial charge in [-0.3, -0.25) is 10.1 Å². The van der Waals surface area contributed by atoms with Crippen LogP contribution in [0.1, 0.15) is 13.3 Å². The number of hydrogen-bond donors (Lipinski definition) is 2. The minimum Gasteiger partial charge on any atom is -0.492 e. The van der Waals surface area contributed by atoms with Crippen molar-refractivity contribution < 1.29 is 9.66 Å². The Morgan fingerprint density at radius 1 is 1.67 bits per heavy atom. The molecule has 98 valence electrons. The van der Waals surface area contributed by atoms with Crippen LogP contribution < -0.4 is 15.8 Å². The van der Waals surface area contributed by atoms with Gasteiger partial charge in [-0.05, 0) is 34.6 Å². The summed E-state index contributed by atoms with van der Waals surface area (Å²) < 4.78 is 5.96. The molecular formula is C10H12BrN3O3S. The highest BCUT2D eigenvalue weighted by Gasteiger charge is 2.18. The molecule has 0 fully saturated rings. The molecule has 0 bridgehead atoms. The van der Waals surface area contributed by atoms with Gasteiger partial charge in [0, 0.05) is 12.1 Å². The van der Waals surface area contributed by atoms with Gasteiger partial charge in [0.1, 0.15) is 11.4 Å². The van der Waals surface area contributed by atoms with E-state index >= 15 is 0 Å². The molecule has 6 nitrogen and oxygen atoms in total. The number of anilines is 1. The summed E-state index contributed by atoms with van der Waals surface area (Å²) in [4.78, 5) is 10.4. The highest BCUT2D eigenvalue weighted by molar-refractivity contribution is 9.10. The lowest BCUT2D eigenvalue weighted by molar-refractivity contribution is -0.384. The summed E-state index contributed by atoms with van der Waals surface area (Å²) in [5, 5.41) is 13.4. The van der Waals surface area contributed by atoms with E-state index in [1.54, 1.807) is 0 Å². The third kappa shape index (κ3) is 3.81. The molecule has 0 aromatic heterocycles. The van der Waals surface area contributed by atoms with Gasteiger partial charge >= 0.3 is 0 Å². The Labute approximate surface area is 118 Å². The topological polar surface area (TPSA) is 90.4 Å². The van der Waals surface area contributed by atoms with Crippen LogP contribution in [0.25, 0.3) is 0 Å². The van der Waals surface area contributed by atoms with Crippen molar-refractivity contribution >= 4 is 44.6 Å². The van der Waals surface area contributed by atoms with Crippen LogP contribution in [0.4, 0.5) is 11.4 Å². The molecule has 0 saturated carbocycles. The number of nitrogens with one attached hydrogen (secondary N) is 1. The number of thiocarbonyl (C=S) groups is 1. The third-order valence-electron chi connectivity index (χ3n) is 1.97. The number of nitro benzene ring substituents is 1. The van der Waals surface area contributed by atoms with E-state index in [4.69, 9.17) is 10.5 Å². The number of nitrogens with zero attached hydrogens (tertiary/aromatic N) is 1. The molecule has 0 aliphatic carbocycles. The predicted molar refractivity (Wildman–Crippen MR) is 77.0 cm³/mol. The number of benzene rings is 1. The molecule has 0 heterocycles. The van der Waals surface area contributed by atoms with E-state index in [-0.39, 0.29) is 16.5 Å². The lowest BCUT2D eigenvalue weighted by Gasteiger charge is -2.10. The number of ether oxygens (including phenoxy) is 1. The quantitative estimate of drug-likeness (QED) is 0.489. The summed E-state index contributed by atoms with van der Waals surface area (Å²) in [6, 6.07) is 2.85. The van der Waals surface area contributed by atoms with Gasteiger partial charge in [0.15, 0.2) is 5.11 Å². The molecule has 0 aliphatic rings. The molecule has 0 unspecified atom stereocenters. The molecule has 1 rings (SSSR count). The van der Waals surface area contributed by atoms with Crippen molar-refractivity contribution in [1.29, 1.82) is 0 Å². The van der Waals surface area contributed by atoms with Crippen molar-refractivity contribution in [3.05, 3.63) is 26.7 Å². The van der Waals surface area contributed by atoms with Gasteiger partial charge in [-0.2, -0.15) is 0 Å².